The van der Waals surface area contributed by atoms with Crippen molar-refractivity contribution in [2.45, 2.75) is 13.5 Å². The Morgan fingerprint density at radius 2 is 1.95 bits per heavy atom. The number of hydrogen-bond acceptors (Lipinski definition) is 6. The fourth-order valence-corrected chi connectivity index (χ4v) is 2.82. The summed E-state index contributed by atoms with van der Waals surface area (Å²) in [6.07, 6.45) is 0. The summed E-state index contributed by atoms with van der Waals surface area (Å²) in [4.78, 5) is 8.29. The van der Waals surface area contributed by atoms with Crippen molar-refractivity contribution in [3.8, 4) is 10.6 Å². The fraction of sp³-hybridized carbons (Fsp3) is 0.143. The minimum Gasteiger partial charge on any atom is -0.363 e. The zero-order chi connectivity index (χ0) is 14.7. The highest BCUT2D eigenvalue weighted by atomic mass is 35.5. The molecule has 2 heterocycles. The second-order valence-corrected chi connectivity index (χ2v) is 5.79. The maximum Gasteiger partial charge on any atom is 0.147 e. The average molecular weight is 318 g/mol. The Balaban J connectivity index is 1.70. The van der Waals surface area contributed by atoms with Gasteiger partial charge in [-0.05, 0) is 6.92 Å². The number of rotatable bonds is 4. The van der Waals surface area contributed by atoms with E-state index in [-0.39, 0.29) is 0 Å². The van der Waals surface area contributed by atoms with Crippen molar-refractivity contribution in [1.29, 1.82) is 0 Å². The Bertz CT molecular complexity index is 724. The summed E-state index contributed by atoms with van der Waals surface area (Å²) in [7, 11) is 0. The van der Waals surface area contributed by atoms with Crippen molar-refractivity contribution >= 4 is 28.8 Å². The molecule has 0 saturated carbocycles. The molecule has 7 heteroatoms. The predicted molar refractivity (Wildman–Crippen MR) is 84.5 cm³/mol. The molecule has 0 unspecified atom stereocenters. The molecule has 0 radical (unpaired) electrons. The predicted octanol–water partition coefficient (Wildman–Crippen LogP) is 3.57. The van der Waals surface area contributed by atoms with Gasteiger partial charge in [0, 0.05) is 11.6 Å². The number of nitrogens with one attached hydrogen (secondary N) is 1. The van der Waals surface area contributed by atoms with Crippen molar-refractivity contribution in [2.75, 3.05) is 5.32 Å². The van der Waals surface area contributed by atoms with E-state index in [0.29, 0.717) is 23.3 Å². The van der Waals surface area contributed by atoms with Crippen molar-refractivity contribution in [1.82, 2.24) is 20.2 Å². The summed E-state index contributed by atoms with van der Waals surface area (Å²) < 4.78 is 0. The van der Waals surface area contributed by atoms with E-state index in [9.17, 15) is 0 Å². The summed E-state index contributed by atoms with van der Waals surface area (Å²) in [5.41, 5.74) is 1.07. The molecule has 3 aromatic rings. The topological polar surface area (TPSA) is 63.6 Å². The number of halogens is 1. The normalized spacial score (nSPS) is 10.6. The molecule has 106 valence electrons. The van der Waals surface area contributed by atoms with Gasteiger partial charge in [-0.2, -0.15) is 0 Å². The zero-order valence-corrected chi connectivity index (χ0v) is 12.8. The molecule has 0 aliphatic carbocycles. The monoisotopic (exact) mass is 317 g/mol. The van der Waals surface area contributed by atoms with Crippen LogP contribution in [0.2, 0.25) is 5.15 Å². The molecule has 21 heavy (non-hydrogen) atoms. The highest BCUT2D eigenvalue weighted by molar-refractivity contribution is 7.14. The van der Waals surface area contributed by atoms with E-state index in [0.717, 1.165) is 15.6 Å². The molecule has 1 aromatic carbocycles. The number of benzene rings is 1. The Kier molecular flexibility index (Phi) is 4.08. The summed E-state index contributed by atoms with van der Waals surface area (Å²) in [6, 6.07) is 11.7. The van der Waals surface area contributed by atoms with Gasteiger partial charge in [-0.1, -0.05) is 53.3 Å². The molecule has 0 spiro atoms. The molecule has 3 rings (SSSR count). The molecule has 0 amide bonds. The van der Waals surface area contributed by atoms with Crippen LogP contribution in [0.15, 0.2) is 36.4 Å². The molecule has 5 nitrogen and oxygen atoms in total. The maximum absolute atomic E-state index is 5.90. The second-order valence-electron chi connectivity index (χ2n) is 4.34. The Morgan fingerprint density at radius 1 is 1.14 bits per heavy atom. The van der Waals surface area contributed by atoms with Crippen molar-refractivity contribution in [2.24, 2.45) is 0 Å². The summed E-state index contributed by atoms with van der Waals surface area (Å²) in [5.74, 6) is 1.32. The van der Waals surface area contributed by atoms with Crippen LogP contribution in [-0.4, -0.2) is 20.2 Å². The van der Waals surface area contributed by atoms with Crippen LogP contribution >= 0.6 is 22.9 Å². The molecular weight excluding hydrogens is 306 g/mol. The van der Waals surface area contributed by atoms with Crippen molar-refractivity contribution in [3.05, 3.63) is 52.4 Å². The highest BCUT2D eigenvalue weighted by Gasteiger charge is 2.07. The molecule has 1 N–H and O–H groups in total. The SMILES string of the molecule is Cc1nc(Cl)cc(NCc2nnc(-c3ccccc3)s2)n1. The molecule has 0 fully saturated rings. The maximum atomic E-state index is 5.90. The molecule has 0 saturated heterocycles. The number of nitrogens with zero attached hydrogens (tertiary/aromatic N) is 4. The van der Waals surface area contributed by atoms with Gasteiger partial charge in [0.15, 0.2) is 0 Å². The molecule has 0 aliphatic heterocycles. The first-order chi connectivity index (χ1) is 10.2. The van der Waals surface area contributed by atoms with E-state index >= 15 is 0 Å². The number of hydrogen-bond donors (Lipinski definition) is 1. The minimum absolute atomic E-state index is 0.423. The quantitative estimate of drug-likeness (QED) is 0.745. The van der Waals surface area contributed by atoms with Gasteiger partial charge in [-0.15, -0.1) is 10.2 Å². The van der Waals surface area contributed by atoms with E-state index < -0.39 is 0 Å². The van der Waals surface area contributed by atoms with Gasteiger partial charge in [-0.25, -0.2) is 9.97 Å². The summed E-state index contributed by atoms with van der Waals surface area (Å²) in [6.45, 7) is 2.35. The first kappa shape index (κ1) is 13.9. The smallest absolute Gasteiger partial charge is 0.147 e. The zero-order valence-electron chi connectivity index (χ0n) is 11.2. The van der Waals surface area contributed by atoms with Crippen molar-refractivity contribution in [3.63, 3.8) is 0 Å². The lowest BCUT2D eigenvalue weighted by molar-refractivity contribution is 0.972. The summed E-state index contributed by atoms with van der Waals surface area (Å²) in [5, 5.41) is 13.8. The third-order valence-corrected chi connectivity index (χ3v) is 3.88. The van der Waals surface area contributed by atoms with Crippen LogP contribution in [-0.2, 0) is 6.54 Å². The summed E-state index contributed by atoms with van der Waals surface area (Å²) >= 11 is 7.45. The minimum atomic E-state index is 0.423. The molecule has 0 atom stereocenters. The van der Waals surface area contributed by atoms with Crippen LogP contribution in [0.1, 0.15) is 10.8 Å². The Hall–Kier alpha value is -2.05. The third kappa shape index (κ3) is 3.53. The lowest BCUT2D eigenvalue weighted by atomic mass is 10.2. The number of aryl methyl sites for hydroxylation is 1. The van der Waals surface area contributed by atoms with Crippen LogP contribution in [0.3, 0.4) is 0 Å². The average Bonchev–Trinajstić information content (AvgIpc) is 2.94. The van der Waals surface area contributed by atoms with Gasteiger partial charge < -0.3 is 5.32 Å². The standard InChI is InChI=1S/C14H12ClN5S/c1-9-17-11(15)7-12(18-9)16-8-13-19-20-14(21-13)10-5-3-2-4-6-10/h2-7H,8H2,1H3,(H,16,17,18). The van der Waals surface area contributed by atoms with E-state index in [1.807, 2.05) is 30.3 Å². The van der Waals surface area contributed by atoms with E-state index in [4.69, 9.17) is 11.6 Å². The third-order valence-electron chi connectivity index (χ3n) is 2.72. The molecule has 2 aromatic heterocycles. The van der Waals surface area contributed by atoms with E-state index in [2.05, 4.69) is 25.5 Å². The number of anilines is 1. The lowest BCUT2D eigenvalue weighted by Crippen LogP contribution is -2.02. The van der Waals surface area contributed by atoms with E-state index in [1.54, 1.807) is 24.3 Å². The lowest BCUT2D eigenvalue weighted by Gasteiger charge is -2.03. The molecule has 0 aliphatic rings. The van der Waals surface area contributed by atoms with Gasteiger partial charge in [0.2, 0.25) is 0 Å². The Morgan fingerprint density at radius 3 is 2.71 bits per heavy atom. The van der Waals surface area contributed by atoms with E-state index in [1.165, 1.54) is 0 Å². The fourth-order valence-electron chi connectivity index (χ4n) is 1.81. The van der Waals surface area contributed by atoms with Gasteiger partial charge >= 0.3 is 0 Å². The first-order valence-corrected chi connectivity index (χ1v) is 7.53. The van der Waals surface area contributed by atoms with Gasteiger partial charge in [0.05, 0.1) is 6.54 Å². The van der Waals surface area contributed by atoms with Gasteiger partial charge in [-0.3, -0.25) is 0 Å². The molecular formula is C14H12ClN5S. The Labute approximate surface area is 131 Å². The van der Waals surface area contributed by atoms with Crippen LogP contribution in [0, 0.1) is 6.92 Å². The van der Waals surface area contributed by atoms with Gasteiger partial charge in [0.25, 0.3) is 0 Å². The van der Waals surface area contributed by atoms with Gasteiger partial charge in [0.1, 0.15) is 26.8 Å². The van der Waals surface area contributed by atoms with Crippen LogP contribution in [0.4, 0.5) is 5.82 Å². The van der Waals surface area contributed by atoms with Crippen LogP contribution in [0.5, 0.6) is 0 Å². The second kappa shape index (κ2) is 6.15. The molecule has 0 bridgehead atoms. The highest BCUT2D eigenvalue weighted by Crippen LogP contribution is 2.23. The van der Waals surface area contributed by atoms with Crippen LogP contribution in [0.25, 0.3) is 10.6 Å². The van der Waals surface area contributed by atoms with Crippen LogP contribution < -0.4 is 5.32 Å². The number of aromatic nitrogens is 4. The van der Waals surface area contributed by atoms with Crippen molar-refractivity contribution < 1.29 is 0 Å². The largest absolute Gasteiger partial charge is 0.363 e. The first-order valence-electron chi connectivity index (χ1n) is 6.33.